The minimum Gasteiger partial charge on any atom is -0.207 e. The molecule has 1 aromatic rings. The first-order valence-electron chi connectivity index (χ1n) is 4.56. The van der Waals surface area contributed by atoms with E-state index in [1.807, 2.05) is 0 Å². The van der Waals surface area contributed by atoms with Gasteiger partial charge in [0.25, 0.3) is 0 Å². The average molecular weight is 241 g/mol. The lowest BCUT2D eigenvalue weighted by atomic mass is 10.2. The Morgan fingerprint density at radius 3 is 2.69 bits per heavy atom. The van der Waals surface area contributed by atoms with Crippen molar-refractivity contribution in [3.8, 4) is 12.3 Å². The minimum atomic E-state index is -3.84. The van der Waals surface area contributed by atoms with Crippen LogP contribution in [0.5, 0.6) is 0 Å². The van der Waals surface area contributed by atoms with Gasteiger partial charge >= 0.3 is 0 Å². The molecule has 0 aliphatic heterocycles. The lowest BCUT2D eigenvalue weighted by molar-refractivity contribution is 0.491. The molecule has 0 amide bonds. The summed E-state index contributed by atoms with van der Waals surface area (Å²) in [5.74, 6) is 1.47. The summed E-state index contributed by atoms with van der Waals surface area (Å²) in [6, 6.07) is 4.23. The van der Waals surface area contributed by atoms with Gasteiger partial charge in [0.2, 0.25) is 10.0 Å². The molecule has 0 aliphatic rings. The molecule has 0 heterocycles. The van der Waals surface area contributed by atoms with Crippen molar-refractivity contribution >= 4 is 10.0 Å². The van der Waals surface area contributed by atoms with Crippen LogP contribution in [-0.4, -0.2) is 26.3 Å². The summed E-state index contributed by atoms with van der Waals surface area (Å²) in [5, 5.41) is 0. The van der Waals surface area contributed by atoms with Crippen LogP contribution in [0.2, 0.25) is 0 Å². The van der Waals surface area contributed by atoms with Gasteiger partial charge in [0, 0.05) is 7.05 Å². The lowest BCUT2D eigenvalue weighted by Crippen LogP contribution is -2.28. The molecular weight excluding hydrogens is 229 g/mol. The van der Waals surface area contributed by atoms with Crippen molar-refractivity contribution in [1.82, 2.24) is 4.31 Å². The maximum Gasteiger partial charge on any atom is 0.246 e. The largest absolute Gasteiger partial charge is 0.246 e. The van der Waals surface area contributed by atoms with E-state index >= 15 is 0 Å². The van der Waals surface area contributed by atoms with E-state index < -0.39 is 15.8 Å². The Hall–Kier alpha value is -1.38. The highest BCUT2D eigenvalue weighted by atomic mass is 32.2. The molecule has 86 valence electrons. The van der Waals surface area contributed by atoms with Gasteiger partial charge in [0.1, 0.15) is 10.7 Å². The molecule has 0 fully saturated rings. The second-order valence-electron chi connectivity index (χ2n) is 3.35. The SMILES string of the molecule is C#CCN(C)S(=O)(=O)c1cccc(C)c1F. The monoisotopic (exact) mass is 241 g/mol. The molecule has 0 radical (unpaired) electrons. The molecule has 5 heteroatoms. The first kappa shape index (κ1) is 12.7. The second-order valence-corrected chi connectivity index (χ2v) is 5.37. The van der Waals surface area contributed by atoms with Crippen molar-refractivity contribution in [2.45, 2.75) is 11.8 Å². The van der Waals surface area contributed by atoms with E-state index in [2.05, 4.69) is 5.92 Å². The van der Waals surface area contributed by atoms with Gasteiger partial charge < -0.3 is 0 Å². The Balaban J connectivity index is 3.29. The summed E-state index contributed by atoms with van der Waals surface area (Å²) in [4.78, 5) is -0.342. The smallest absolute Gasteiger partial charge is 0.207 e. The molecule has 3 nitrogen and oxygen atoms in total. The molecule has 1 aromatic carbocycles. The Bertz CT molecular complexity index is 531. The van der Waals surface area contributed by atoms with Crippen LogP contribution < -0.4 is 0 Å². The second kappa shape index (κ2) is 4.64. The highest BCUT2D eigenvalue weighted by molar-refractivity contribution is 7.89. The van der Waals surface area contributed by atoms with E-state index in [9.17, 15) is 12.8 Å². The lowest BCUT2D eigenvalue weighted by Gasteiger charge is -2.15. The quantitative estimate of drug-likeness (QED) is 0.750. The summed E-state index contributed by atoms with van der Waals surface area (Å²) < 4.78 is 38.3. The molecule has 16 heavy (non-hydrogen) atoms. The van der Waals surface area contributed by atoms with Gasteiger partial charge in [-0.3, -0.25) is 0 Å². The highest BCUT2D eigenvalue weighted by Crippen LogP contribution is 2.20. The van der Waals surface area contributed by atoms with Gasteiger partial charge in [-0.2, -0.15) is 4.31 Å². The van der Waals surface area contributed by atoms with E-state index in [4.69, 9.17) is 6.42 Å². The van der Waals surface area contributed by atoms with Gasteiger partial charge in [0.15, 0.2) is 0 Å². The summed E-state index contributed by atoms with van der Waals surface area (Å²) in [7, 11) is -2.52. The fourth-order valence-corrected chi connectivity index (χ4v) is 2.42. The van der Waals surface area contributed by atoms with Crippen LogP contribution in [0.3, 0.4) is 0 Å². The minimum absolute atomic E-state index is 0.0876. The van der Waals surface area contributed by atoms with Crippen molar-refractivity contribution in [3.63, 3.8) is 0 Å². The number of nitrogens with zero attached hydrogens (tertiary/aromatic N) is 1. The van der Waals surface area contributed by atoms with Gasteiger partial charge in [-0.25, -0.2) is 12.8 Å². The van der Waals surface area contributed by atoms with Crippen LogP contribution in [0.15, 0.2) is 23.1 Å². The molecule has 0 atom stereocenters. The number of hydrogen-bond acceptors (Lipinski definition) is 2. The third kappa shape index (κ3) is 2.23. The molecule has 0 unspecified atom stereocenters. The summed E-state index contributed by atoms with van der Waals surface area (Å²) >= 11 is 0. The first-order chi connectivity index (χ1) is 7.41. The van der Waals surface area contributed by atoms with Crippen LogP contribution in [0.25, 0.3) is 0 Å². The molecule has 0 bridgehead atoms. The van der Waals surface area contributed by atoms with Crippen LogP contribution in [0.4, 0.5) is 4.39 Å². The van der Waals surface area contributed by atoms with Gasteiger partial charge in [-0.05, 0) is 18.6 Å². The molecule has 0 aliphatic carbocycles. The van der Waals surface area contributed by atoms with Crippen LogP contribution >= 0.6 is 0 Å². The normalized spacial score (nSPS) is 11.4. The number of rotatable bonds is 3. The number of sulfonamides is 1. The Kier molecular flexibility index (Phi) is 3.68. The van der Waals surface area contributed by atoms with Gasteiger partial charge in [-0.15, -0.1) is 6.42 Å². The van der Waals surface area contributed by atoms with E-state index in [1.165, 1.54) is 32.2 Å². The van der Waals surface area contributed by atoms with Crippen LogP contribution in [0, 0.1) is 25.1 Å². The maximum absolute atomic E-state index is 13.6. The molecule has 0 spiro atoms. The zero-order chi connectivity index (χ0) is 12.3. The van der Waals surface area contributed by atoms with Crippen molar-refractivity contribution in [3.05, 3.63) is 29.6 Å². The summed E-state index contributed by atoms with van der Waals surface area (Å²) in [6.07, 6.45) is 5.02. The third-order valence-corrected chi connectivity index (χ3v) is 3.98. The summed E-state index contributed by atoms with van der Waals surface area (Å²) in [6.45, 7) is 1.42. The number of aryl methyl sites for hydroxylation is 1. The fraction of sp³-hybridized carbons (Fsp3) is 0.273. The van der Waals surface area contributed by atoms with E-state index in [-0.39, 0.29) is 17.0 Å². The standard InChI is InChI=1S/C11H12FNO2S/c1-4-8-13(3)16(14,15)10-7-5-6-9(2)11(10)12/h1,5-7H,8H2,2-3H3. The predicted octanol–water partition coefficient (Wildman–Crippen LogP) is 1.39. The number of benzene rings is 1. The number of hydrogen-bond donors (Lipinski definition) is 0. The first-order valence-corrected chi connectivity index (χ1v) is 6.00. The zero-order valence-electron chi connectivity index (χ0n) is 9.07. The Morgan fingerprint density at radius 2 is 2.12 bits per heavy atom. The molecule has 0 aromatic heterocycles. The van der Waals surface area contributed by atoms with E-state index in [1.54, 1.807) is 0 Å². The molecule has 0 saturated carbocycles. The van der Waals surface area contributed by atoms with Crippen molar-refractivity contribution in [1.29, 1.82) is 0 Å². The molecule has 1 rings (SSSR count). The van der Waals surface area contributed by atoms with E-state index in [0.717, 1.165) is 4.31 Å². The van der Waals surface area contributed by atoms with Gasteiger partial charge in [0.05, 0.1) is 6.54 Å². The van der Waals surface area contributed by atoms with Crippen LogP contribution in [-0.2, 0) is 10.0 Å². The number of halogens is 1. The Morgan fingerprint density at radius 1 is 1.50 bits per heavy atom. The molecule has 0 saturated heterocycles. The van der Waals surface area contributed by atoms with Crippen molar-refractivity contribution in [2.24, 2.45) is 0 Å². The Labute approximate surface area is 94.9 Å². The predicted molar refractivity (Wildman–Crippen MR) is 59.8 cm³/mol. The maximum atomic E-state index is 13.6. The average Bonchev–Trinajstić information content (AvgIpc) is 2.22. The number of terminal acetylenes is 1. The van der Waals surface area contributed by atoms with Crippen molar-refractivity contribution in [2.75, 3.05) is 13.6 Å². The van der Waals surface area contributed by atoms with E-state index in [0.29, 0.717) is 0 Å². The highest BCUT2D eigenvalue weighted by Gasteiger charge is 2.24. The zero-order valence-corrected chi connectivity index (χ0v) is 9.88. The third-order valence-electron chi connectivity index (χ3n) is 2.16. The topological polar surface area (TPSA) is 37.4 Å². The molecular formula is C11H12FNO2S. The fourth-order valence-electron chi connectivity index (χ4n) is 1.20. The van der Waals surface area contributed by atoms with Crippen molar-refractivity contribution < 1.29 is 12.8 Å². The van der Waals surface area contributed by atoms with Crippen LogP contribution in [0.1, 0.15) is 5.56 Å². The molecule has 0 N–H and O–H groups in total. The summed E-state index contributed by atoms with van der Waals surface area (Å²) in [5.41, 5.74) is 0.287. The van der Waals surface area contributed by atoms with Gasteiger partial charge in [-0.1, -0.05) is 18.1 Å².